The van der Waals surface area contributed by atoms with Crippen molar-refractivity contribution in [2.24, 2.45) is 5.73 Å². The normalized spacial score (nSPS) is 15.4. The summed E-state index contributed by atoms with van der Waals surface area (Å²) < 4.78 is 0. The van der Waals surface area contributed by atoms with Gasteiger partial charge in [-0.3, -0.25) is 9.59 Å². The van der Waals surface area contributed by atoms with Gasteiger partial charge in [-0.05, 0) is 31.2 Å². The first kappa shape index (κ1) is 19.5. The SMILES string of the molecule is Cl.N[C@@H](Cc1ccccc1)C(=O)NCCC(=O)N1CCCCC1. The second kappa shape index (κ2) is 10.2. The molecule has 3 N–H and O–H groups in total. The van der Waals surface area contributed by atoms with Crippen molar-refractivity contribution in [3.63, 3.8) is 0 Å². The van der Waals surface area contributed by atoms with E-state index in [1.165, 1.54) is 6.42 Å². The molecule has 1 aromatic rings. The van der Waals surface area contributed by atoms with E-state index in [9.17, 15) is 9.59 Å². The molecule has 0 aliphatic carbocycles. The van der Waals surface area contributed by atoms with E-state index in [0.29, 0.717) is 19.4 Å². The average Bonchev–Trinajstić information content (AvgIpc) is 2.56. The molecule has 2 amide bonds. The van der Waals surface area contributed by atoms with Gasteiger partial charge in [-0.1, -0.05) is 30.3 Å². The highest BCUT2D eigenvalue weighted by Gasteiger charge is 2.17. The van der Waals surface area contributed by atoms with Crippen LogP contribution >= 0.6 is 12.4 Å². The zero-order valence-corrected chi connectivity index (χ0v) is 14.2. The Hall–Kier alpha value is -1.59. The van der Waals surface area contributed by atoms with Gasteiger partial charge in [0.1, 0.15) is 0 Å². The zero-order chi connectivity index (χ0) is 15.8. The molecule has 6 heteroatoms. The summed E-state index contributed by atoms with van der Waals surface area (Å²) >= 11 is 0. The summed E-state index contributed by atoms with van der Waals surface area (Å²) in [7, 11) is 0. The molecule has 0 saturated carbocycles. The molecule has 0 unspecified atom stereocenters. The van der Waals surface area contributed by atoms with E-state index in [-0.39, 0.29) is 24.2 Å². The van der Waals surface area contributed by atoms with Crippen LogP contribution in [0.15, 0.2) is 30.3 Å². The molecule has 2 rings (SSSR count). The predicted molar refractivity (Wildman–Crippen MR) is 93.4 cm³/mol. The number of piperidine rings is 1. The minimum Gasteiger partial charge on any atom is -0.354 e. The van der Waals surface area contributed by atoms with Crippen molar-refractivity contribution in [3.05, 3.63) is 35.9 Å². The molecule has 1 aromatic carbocycles. The molecule has 5 nitrogen and oxygen atoms in total. The van der Waals surface area contributed by atoms with Gasteiger partial charge in [0.05, 0.1) is 6.04 Å². The van der Waals surface area contributed by atoms with Crippen LogP contribution in [0, 0.1) is 0 Å². The highest BCUT2D eigenvalue weighted by Crippen LogP contribution is 2.09. The molecule has 1 saturated heterocycles. The fourth-order valence-electron chi connectivity index (χ4n) is 2.69. The minimum atomic E-state index is -0.576. The molecular weight excluding hydrogens is 314 g/mol. The Kier molecular flexibility index (Phi) is 8.66. The second-order valence-electron chi connectivity index (χ2n) is 5.78. The van der Waals surface area contributed by atoms with Crippen molar-refractivity contribution >= 4 is 24.2 Å². The Morgan fingerprint density at radius 1 is 1.13 bits per heavy atom. The van der Waals surface area contributed by atoms with Crippen LogP contribution in [0.5, 0.6) is 0 Å². The Balaban J connectivity index is 0.00000264. The third-order valence-corrected chi connectivity index (χ3v) is 3.98. The molecule has 1 aliphatic rings. The van der Waals surface area contributed by atoms with Crippen molar-refractivity contribution in [1.82, 2.24) is 10.2 Å². The van der Waals surface area contributed by atoms with E-state index in [2.05, 4.69) is 5.32 Å². The third kappa shape index (κ3) is 6.59. The largest absolute Gasteiger partial charge is 0.354 e. The summed E-state index contributed by atoms with van der Waals surface area (Å²) in [5, 5.41) is 2.76. The summed E-state index contributed by atoms with van der Waals surface area (Å²) in [6.45, 7) is 2.05. The van der Waals surface area contributed by atoms with E-state index >= 15 is 0 Å². The molecule has 128 valence electrons. The van der Waals surface area contributed by atoms with E-state index in [4.69, 9.17) is 5.73 Å². The summed E-state index contributed by atoms with van der Waals surface area (Å²) in [5.41, 5.74) is 6.94. The average molecular weight is 340 g/mol. The summed E-state index contributed by atoms with van der Waals surface area (Å²) in [6, 6.07) is 9.11. The van der Waals surface area contributed by atoms with E-state index < -0.39 is 6.04 Å². The first-order valence-electron chi connectivity index (χ1n) is 8.02. The smallest absolute Gasteiger partial charge is 0.237 e. The van der Waals surface area contributed by atoms with Gasteiger partial charge < -0.3 is 16.0 Å². The van der Waals surface area contributed by atoms with Crippen LogP contribution in [0.4, 0.5) is 0 Å². The topological polar surface area (TPSA) is 75.4 Å². The minimum absolute atomic E-state index is 0. The summed E-state index contributed by atoms with van der Waals surface area (Å²) in [4.78, 5) is 25.8. The lowest BCUT2D eigenvalue weighted by Gasteiger charge is -2.26. The maximum Gasteiger partial charge on any atom is 0.237 e. The van der Waals surface area contributed by atoms with Crippen molar-refractivity contribution < 1.29 is 9.59 Å². The standard InChI is InChI=1S/C17H25N3O2.ClH/c18-15(13-14-7-3-1-4-8-14)17(22)19-10-9-16(21)20-11-5-2-6-12-20;/h1,3-4,7-8,15H,2,5-6,9-13,18H2,(H,19,22);1H/t15-;/m0./s1. The van der Waals surface area contributed by atoms with Gasteiger partial charge in [0, 0.05) is 26.1 Å². The number of rotatable bonds is 6. The first-order chi connectivity index (χ1) is 10.7. The number of carbonyl (C=O) groups excluding carboxylic acids is 2. The quantitative estimate of drug-likeness (QED) is 0.824. The van der Waals surface area contributed by atoms with Crippen LogP contribution in [-0.2, 0) is 16.0 Å². The van der Waals surface area contributed by atoms with Crippen LogP contribution < -0.4 is 11.1 Å². The number of hydrogen-bond donors (Lipinski definition) is 2. The van der Waals surface area contributed by atoms with Gasteiger partial charge in [-0.2, -0.15) is 0 Å². The molecule has 1 fully saturated rings. The monoisotopic (exact) mass is 339 g/mol. The number of nitrogens with zero attached hydrogens (tertiary/aromatic N) is 1. The number of carbonyl (C=O) groups is 2. The van der Waals surface area contributed by atoms with Crippen molar-refractivity contribution in [1.29, 1.82) is 0 Å². The zero-order valence-electron chi connectivity index (χ0n) is 13.4. The summed E-state index contributed by atoms with van der Waals surface area (Å²) in [6.07, 6.45) is 4.23. The predicted octanol–water partition coefficient (Wildman–Crippen LogP) is 1.50. The van der Waals surface area contributed by atoms with Gasteiger partial charge in [0.25, 0.3) is 0 Å². The molecule has 0 spiro atoms. The number of benzene rings is 1. The molecule has 0 aromatic heterocycles. The fraction of sp³-hybridized carbons (Fsp3) is 0.529. The lowest BCUT2D eigenvalue weighted by Crippen LogP contribution is -2.44. The van der Waals surface area contributed by atoms with Crippen LogP contribution in [-0.4, -0.2) is 42.4 Å². The molecule has 1 heterocycles. The summed E-state index contributed by atoms with van der Waals surface area (Å²) in [5.74, 6) is -0.0769. The molecule has 0 bridgehead atoms. The van der Waals surface area contributed by atoms with Crippen LogP contribution in [0.3, 0.4) is 0 Å². The van der Waals surface area contributed by atoms with Crippen molar-refractivity contribution in [3.8, 4) is 0 Å². The Morgan fingerprint density at radius 2 is 1.78 bits per heavy atom. The van der Waals surface area contributed by atoms with E-state index in [1.807, 2.05) is 35.2 Å². The lowest BCUT2D eigenvalue weighted by molar-refractivity contribution is -0.132. The van der Waals surface area contributed by atoms with Gasteiger partial charge in [-0.25, -0.2) is 0 Å². The maximum atomic E-state index is 12.0. The molecule has 1 aliphatic heterocycles. The second-order valence-corrected chi connectivity index (χ2v) is 5.78. The highest BCUT2D eigenvalue weighted by molar-refractivity contribution is 5.85. The third-order valence-electron chi connectivity index (χ3n) is 3.98. The number of nitrogens with one attached hydrogen (secondary N) is 1. The van der Waals surface area contributed by atoms with Gasteiger partial charge in [0.2, 0.25) is 11.8 Å². The van der Waals surface area contributed by atoms with E-state index in [1.54, 1.807) is 0 Å². The number of likely N-dealkylation sites (tertiary alicyclic amines) is 1. The fourth-order valence-corrected chi connectivity index (χ4v) is 2.69. The molecule has 1 atom stereocenters. The highest BCUT2D eigenvalue weighted by atomic mass is 35.5. The Morgan fingerprint density at radius 3 is 2.43 bits per heavy atom. The number of halogens is 1. The van der Waals surface area contributed by atoms with Gasteiger partial charge in [-0.15, -0.1) is 12.4 Å². The Bertz CT molecular complexity index is 490. The van der Waals surface area contributed by atoms with Gasteiger partial charge in [0.15, 0.2) is 0 Å². The maximum absolute atomic E-state index is 12.0. The lowest BCUT2D eigenvalue weighted by atomic mass is 10.1. The van der Waals surface area contributed by atoms with Crippen molar-refractivity contribution in [2.45, 2.75) is 38.1 Å². The van der Waals surface area contributed by atoms with Crippen LogP contribution in [0.25, 0.3) is 0 Å². The number of nitrogens with two attached hydrogens (primary N) is 1. The molecule has 23 heavy (non-hydrogen) atoms. The first-order valence-corrected chi connectivity index (χ1v) is 8.02. The molecular formula is C17H26ClN3O2. The Labute approximate surface area is 144 Å². The number of amides is 2. The van der Waals surface area contributed by atoms with Crippen LogP contribution in [0.2, 0.25) is 0 Å². The van der Waals surface area contributed by atoms with E-state index in [0.717, 1.165) is 31.5 Å². The van der Waals surface area contributed by atoms with Gasteiger partial charge >= 0.3 is 0 Å². The van der Waals surface area contributed by atoms with Crippen LogP contribution in [0.1, 0.15) is 31.2 Å². The van der Waals surface area contributed by atoms with Crippen molar-refractivity contribution in [2.75, 3.05) is 19.6 Å². The molecule has 0 radical (unpaired) electrons. The number of hydrogen-bond acceptors (Lipinski definition) is 3.